The normalized spacial score (nSPS) is 39.2. The summed E-state index contributed by atoms with van der Waals surface area (Å²) in [6.45, 7) is 2.24. The second-order valence-electron chi connectivity index (χ2n) is 6.50. The highest BCUT2D eigenvalue weighted by Crippen LogP contribution is 2.42. The minimum atomic E-state index is -0.0735. The zero-order chi connectivity index (χ0) is 12.1. The molecule has 0 N–H and O–H groups in total. The Morgan fingerprint density at radius 3 is 1.65 bits per heavy atom. The molecule has 0 atom stereocenters. The monoisotopic (exact) mass is 240 g/mol. The average molecular weight is 240 g/mol. The van der Waals surface area contributed by atoms with Crippen LogP contribution in [-0.2, 0) is 0 Å². The third-order valence-corrected chi connectivity index (χ3v) is 5.36. The first-order chi connectivity index (χ1) is 8.33. The topological polar surface area (TPSA) is 0 Å². The van der Waals surface area contributed by atoms with Crippen molar-refractivity contribution < 1.29 is 4.39 Å². The van der Waals surface area contributed by atoms with Gasteiger partial charge in [-0.2, -0.15) is 0 Å². The molecule has 0 radical (unpaired) electrons. The van der Waals surface area contributed by atoms with Gasteiger partial charge in [0.25, 0.3) is 0 Å². The fraction of sp³-hybridized carbons (Fsp3) is 1.00. The molecule has 17 heavy (non-hydrogen) atoms. The Morgan fingerprint density at radius 2 is 1.24 bits per heavy atom. The van der Waals surface area contributed by atoms with Gasteiger partial charge >= 0.3 is 0 Å². The van der Waals surface area contributed by atoms with E-state index in [1.54, 1.807) is 0 Å². The standard InChI is InChI=1S/C16H29F/c1-2-3-13-4-8-15(9-5-13)16-10-6-14(12-17)7-11-16/h13-16H,2-12H2,1H3/t13-,14-,15-,16-. The van der Waals surface area contributed by atoms with Crippen molar-refractivity contribution in [3.05, 3.63) is 0 Å². The molecule has 2 saturated carbocycles. The fourth-order valence-corrected chi connectivity index (χ4v) is 4.17. The van der Waals surface area contributed by atoms with E-state index < -0.39 is 0 Å². The zero-order valence-electron chi connectivity index (χ0n) is 11.5. The lowest BCUT2D eigenvalue weighted by Gasteiger charge is -2.37. The van der Waals surface area contributed by atoms with Crippen molar-refractivity contribution in [3.63, 3.8) is 0 Å². The molecule has 2 rings (SSSR count). The summed E-state index contributed by atoms with van der Waals surface area (Å²) < 4.78 is 12.6. The van der Waals surface area contributed by atoms with Gasteiger partial charge < -0.3 is 0 Å². The molecule has 100 valence electrons. The summed E-state index contributed by atoms with van der Waals surface area (Å²) in [7, 11) is 0. The molecule has 2 aliphatic carbocycles. The van der Waals surface area contributed by atoms with Gasteiger partial charge in [-0.25, -0.2) is 0 Å². The van der Waals surface area contributed by atoms with E-state index in [0.29, 0.717) is 5.92 Å². The largest absolute Gasteiger partial charge is 0.251 e. The third-order valence-electron chi connectivity index (χ3n) is 5.36. The van der Waals surface area contributed by atoms with Gasteiger partial charge in [-0.3, -0.25) is 4.39 Å². The molecular formula is C16H29F. The number of hydrogen-bond acceptors (Lipinski definition) is 0. The number of hydrogen-bond donors (Lipinski definition) is 0. The highest BCUT2D eigenvalue weighted by atomic mass is 19.1. The van der Waals surface area contributed by atoms with E-state index in [-0.39, 0.29) is 6.67 Å². The summed E-state index contributed by atoms with van der Waals surface area (Å²) in [6, 6.07) is 0. The predicted molar refractivity (Wildman–Crippen MR) is 71.8 cm³/mol. The summed E-state index contributed by atoms with van der Waals surface area (Å²) >= 11 is 0. The van der Waals surface area contributed by atoms with Crippen molar-refractivity contribution in [3.8, 4) is 0 Å². The van der Waals surface area contributed by atoms with Crippen LogP contribution in [0.15, 0.2) is 0 Å². The average Bonchev–Trinajstić information content (AvgIpc) is 2.40. The van der Waals surface area contributed by atoms with Gasteiger partial charge in [-0.1, -0.05) is 32.6 Å². The third kappa shape index (κ3) is 3.69. The second kappa shape index (κ2) is 6.75. The van der Waals surface area contributed by atoms with Gasteiger partial charge in [0.1, 0.15) is 0 Å². The molecule has 0 aromatic heterocycles. The summed E-state index contributed by atoms with van der Waals surface area (Å²) in [5.41, 5.74) is 0. The molecule has 0 spiro atoms. The molecular weight excluding hydrogens is 211 g/mol. The Bertz CT molecular complexity index is 198. The van der Waals surface area contributed by atoms with Crippen molar-refractivity contribution in [2.45, 2.75) is 71.1 Å². The number of alkyl halides is 1. The molecule has 0 nitrogen and oxygen atoms in total. The van der Waals surface area contributed by atoms with E-state index >= 15 is 0 Å². The SMILES string of the molecule is CCC[C@H]1CC[C@H]([C@H]2CC[C@H](CF)CC2)CC1. The van der Waals surface area contributed by atoms with Crippen molar-refractivity contribution in [1.29, 1.82) is 0 Å². The Labute approximate surface area is 106 Å². The van der Waals surface area contributed by atoms with Crippen LogP contribution in [0, 0.1) is 23.7 Å². The Hall–Kier alpha value is -0.0700. The zero-order valence-corrected chi connectivity index (χ0v) is 11.5. The molecule has 0 aliphatic heterocycles. The van der Waals surface area contributed by atoms with Crippen LogP contribution in [0.4, 0.5) is 4.39 Å². The molecule has 0 bridgehead atoms. The van der Waals surface area contributed by atoms with Crippen LogP contribution in [0.5, 0.6) is 0 Å². The lowest BCUT2D eigenvalue weighted by Crippen LogP contribution is -2.26. The summed E-state index contributed by atoms with van der Waals surface area (Å²) in [5, 5.41) is 0. The molecule has 0 heterocycles. The van der Waals surface area contributed by atoms with Crippen molar-refractivity contribution in [2.75, 3.05) is 6.67 Å². The maximum absolute atomic E-state index is 12.6. The minimum Gasteiger partial charge on any atom is -0.251 e. The van der Waals surface area contributed by atoms with Crippen LogP contribution in [0.3, 0.4) is 0 Å². The van der Waals surface area contributed by atoms with E-state index in [9.17, 15) is 4.39 Å². The van der Waals surface area contributed by atoms with Crippen LogP contribution >= 0.6 is 0 Å². The summed E-state index contributed by atoms with van der Waals surface area (Å²) in [4.78, 5) is 0. The van der Waals surface area contributed by atoms with Crippen LogP contribution in [0.25, 0.3) is 0 Å². The lowest BCUT2D eigenvalue weighted by molar-refractivity contribution is 0.134. The smallest absolute Gasteiger partial charge is 0.0922 e. The van der Waals surface area contributed by atoms with Crippen molar-refractivity contribution >= 4 is 0 Å². The molecule has 2 aliphatic rings. The van der Waals surface area contributed by atoms with E-state index in [4.69, 9.17) is 0 Å². The maximum atomic E-state index is 12.6. The van der Waals surface area contributed by atoms with E-state index in [2.05, 4.69) is 6.92 Å². The fourth-order valence-electron chi connectivity index (χ4n) is 4.17. The highest BCUT2D eigenvalue weighted by Gasteiger charge is 2.30. The van der Waals surface area contributed by atoms with Crippen LogP contribution in [-0.4, -0.2) is 6.67 Å². The van der Waals surface area contributed by atoms with Gasteiger partial charge in [0.05, 0.1) is 6.67 Å². The quantitative estimate of drug-likeness (QED) is 0.620. The Kier molecular flexibility index (Phi) is 5.31. The maximum Gasteiger partial charge on any atom is 0.0922 e. The van der Waals surface area contributed by atoms with Crippen LogP contribution in [0.1, 0.15) is 71.1 Å². The van der Waals surface area contributed by atoms with Crippen molar-refractivity contribution in [2.24, 2.45) is 23.7 Å². The number of rotatable bonds is 4. The van der Waals surface area contributed by atoms with Gasteiger partial charge in [-0.15, -0.1) is 0 Å². The van der Waals surface area contributed by atoms with Crippen LogP contribution in [0.2, 0.25) is 0 Å². The molecule has 0 aromatic carbocycles. The van der Waals surface area contributed by atoms with E-state index in [0.717, 1.165) is 30.6 Å². The van der Waals surface area contributed by atoms with E-state index in [1.165, 1.54) is 51.4 Å². The molecule has 2 fully saturated rings. The Morgan fingerprint density at radius 1 is 0.765 bits per heavy atom. The first kappa shape index (κ1) is 13.4. The lowest BCUT2D eigenvalue weighted by atomic mass is 9.69. The van der Waals surface area contributed by atoms with Gasteiger partial charge in [0.2, 0.25) is 0 Å². The first-order valence-corrected chi connectivity index (χ1v) is 7.89. The second-order valence-corrected chi connectivity index (χ2v) is 6.50. The Balaban J connectivity index is 1.70. The molecule has 1 heteroatoms. The molecule has 0 amide bonds. The summed E-state index contributed by atoms with van der Waals surface area (Å²) in [6.07, 6.45) is 13.6. The van der Waals surface area contributed by atoms with Gasteiger partial charge in [0, 0.05) is 0 Å². The van der Waals surface area contributed by atoms with Gasteiger partial charge in [-0.05, 0) is 62.2 Å². The highest BCUT2D eigenvalue weighted by molar-refractivity contribution is 4.81. The minimum absolute atomic E-state index is 0.0735. The van der Waals surface area contributed by atoms with E-state index in [1.807, 2.05) is 0 Å². The van der Waals surface area contributed by atoms with Crippen LogP contribution < -0.4 is 0 Å². The molecule has 0 saturated heterocycles. The number of halogens is 1. The predicted octanol–water partition coefficient (Wildman–Crippen LogP) is 5.37. The van der Waals surface area contributed by atoms with Gasteiger partial charge in [0.15, 0.2) is 0 Å². The molecule has 0 aromatic rings. The van der Waals surface area contributed by atoms with Crippen molar-refractivity contribution in [1.82, 2.24) is 0 Å². The molecule has 0 unspecified atom stereocenters. The summed E-state index contributed by atoms with van der Waals surface area (Å²) in [5.74, 6) is 3.37. The first-order valence-electron chi connectivity index (χ1n) is 7.89.